The summed E-state index contributed by atoms with van der Waals surface area (Å²) in [5, 5.41) is 18.9. The molecule has 0 spiro atoms. The molecule has 0 bridgehead atoms. The Balaban J connectivity index is 1.97. The molecule has 26 heavy (non-hydrogen) atoms. The SMILES string of the molecule is CCOc1cccc2[nH]c(O)c(N=Nc3ccc(S(=O)(=O)[NH2+]N)cc3)c12. The van der Waals surface area contributed by atoms with Gasteiger partial charge in [-0.3, -0.25) is 0 Å². The summed E-state index contributed by atoms with van der Waals surface area (Å²) < 4.78 is 28.9. The average molecular weight is 376 g/mol. The van der Waals surface area contributed by atoms with Gasteiger partial charge in [-0.25, -0.2) is 0 Å². The molecule has 3 rings (SSSR count). The van der Waals surface area contributed by atoms with Crippen LogP contribution in [-0.4, -0.2) is 25.1 Å². The fourth-order valence-corrected chi connectivity index (χ4v) is 3.12. The smallest absolute Gasteiger partial charge is 0.341 e. The summed E-state index contributed by atoms with van der Waals surface area (Å²) in [6.07, 6.45) is 0. The highest BCUT2D eigenvalue weighted by molar-refractivity contribution is 7.84. The number of nitrogens with two attached hydrogens (primary N) is 2. The lowest BCUT2D eigenvalue weighted by Crippen LogP contribution is -2.93. The lowest BCUT2D eigenvalue weighted by Gasteiger charge is -2.04. The summed E-state index contributed by atoms with van der Waals surface area (Å²) in [6.45, 7) is 2.33. The van der Waals surface area contributed by atoms with Gasteiger partial charge in [-0.05, 0) is 43.3 Å². The first-order valence-corrected chi connectivity index (χ1v) is 9.29. The fraction of sp³-hybridized carbons (Fsp3) is 0.125. The van der Waals surface area contributed by atoms with Gasteiger partial charge in [0.05, 0.1) is 23.2 Å². The maximum absolute atomic E-state index is 11.7. The zero-order valence-electron chi connectivity index (χ0n) is 13.9. The fourth-order valence-electron chi connectivity index (χ4n) is 2.45. The number of sulfonamides is 1. The zero-order chi connectivity index (χ0) is 18.7. The van der Waals surface area contributed by atoms with Gasteiger partial charge in [0.2, 0.25) is 5.88 Å². The second-order valence-corrected chi connectivity index (χ2v) is 7.14. The molecule has 6 N–H and O–H groups in total. The Morgan fingerprint density at radius 3 is 2.58 bits per heavy atom. The van der Waals surface area contributed by atoms with Crippen LogP contribution in [0.3, 0.4) is 0 Å². The molecule has 136 valence electrons. The number of benzene rings is 2. The standard InChI is InChI=1S/C16H17N5O4S/c1-2-25-13-5-3-4-12-14(13)15(16(22)18-12)20-19-10-6-8-11(9-7-10)26(23,24)21-17/h3-9,18,21-22H,2,17H2,1H3/p+1. The lowest BCUT2D eigenvalue weighted by atomic mass is 10.2. The minimum atomic E-state index is -3.60. The molecule has 0 aliphatic rings. The molecule has 1 heterocycles. The van der Waals surface area contributed by atoms with Crippen molar-refractivity contribution in [2.24, 2.45) is 16.1 Å². The summed E-state index contributed by atoms with van der Waals surface area (Å²) in [4.78, 5) is 3.53. The highest BCUT2D eigenvalue weighted by Crippen LogP contribution is 2.41. The quantitative estimate of drug-likeness (QED) is 0.294. The predicted octanol–water partition coefficient (Wildman–Crippen LogP) is 1.81. The first kappa shape index (κ1) is 17.9. The van der Waals surface area contributed by atoms with Crippen molar-refractivity contribution in [3.8, 4) is 11.6 Å². The van der Waals surface area contributed by atoms with Gasteiger partial charge in [-0.2, -0.15) is 24.2 Å². The topological polar surface area (TPSA) is 147 Å². The monoisotopic (exact) mass is 376 g/mol. The van der Waals surface area contributed by atoms with E-state index in [-0.39, 0.29) is 16.5 Å². The number of hydrogen-bond donors (Lipinski definition) is 4. The lowest BCUT2D eigenvalue weighted by molar-refractivity contribution is -0.509. The maximum atomic E-state index is 11.7. The normalized spacial score (nSPS) is 12.1. The van der Waals surface area contributed by atoms with Crippen LogP contribution in [0.5, 0.6) is 11.6 Å². The Hall–Kier alpha value is -2.95. The van der Waals surface area contributed by atoms with E-state index in [4.69, 9.17) is 10.6 Å². The molecule has 2 aromatic carbocycles. The van der Waals surface area contributed by atoms with Crippen LogP contribution < -0.4 is 15.4 Å². The van der Waals surface area contributed by atoms with Crippen molar-refractivity contribution < 1.29 is 23.1 Å². The highest BCUT2D eigenvalue weighted by atomic mass is 32.2. The van der Waals surface area contributed by atoms with Crippen molar-refractivity contribution in [3.05, 3.63) is 42.5 Å². The first-order chi connectivity index (χ1) is 12.5. The third-order valence-corrected chi connectivity index (χ3v) is 4.94. The van der Waals surface area contributed by atoms with Crippen LogP contribution >= 0.6 is 0 Å². The summed E-state index contributed by atoms with van der Waals surface area (Å²) >= 11 is 0. The summed E-state index contributed by atoms with van der Waals surface area (Å²) in [6, 6.07) is 11.1. The number of azo groups is 1. The Kier molecular flexibility index (Phi) is 4.89. The van der Waals surface area contributed by atoms with Crippen molar-refractivity contribution in [1.82, 2.24) is 4.98 Å². The van der Waals surface area contributed by atoms with E-state index < -0.39 is 10.0 Å². The molecule has 0 unspecified atom stereocenters. The summed E-state index contributed by atoms with van der Waals surface area (Å²) in [5.74, 6) is 5.56. The van der Waals surface area contributed by atoms with E-state index >= 15 is 0 Å². The van der Waals surface area contributed by atoms with Crippen LogP contribution in [0.25, 0.3) is 10.9 Å². The number of nitrogens with one attached hydrogen (secondary N) is 1. The van der Waals surface area contributed by atoms with Crippen LogP contribution in [-0.2, 0) is 10.0 Å². The molecule has 10 heteroatoms. The molecular weight excluding hydrogens is 358 g/mol. The van der Waals surface area contributed by atoms with Gasteiger partial charge in [0.1, 0.15) is 10.6 Å². The molecule has 0 fully saturated rings. The van der Waals surface area contributed by atoms with Crippen LogP contribution in [0, 0.1) is 0 Å². The van der Waals surface area contributed by atoms with Crippen LogP contribution in [0.1, 0.15) is 6.92 Å². The van der Waals surface area contributed by atoms with E-state index in [0.717, 1.165) is 0 Å². The van der Waals surface area contributed by atoms with Gasteiger partial charge >= 0.3 is 10.0 Å². The number of nitrogens with zero attached hydrogens (tertiary/aromatic N) is 2. The zero-order valence-corrected chi connectivity index (χ0v) is 14.7. The predicted molar refractivity (Wildman–Crippen MR) is 95.0 cm³/mol. The number of aromatic amines is 1. The minimum absolute atomic E-state index is 0.0625. The number of aromatic nitrogens is 1. The molecule has 0 radical (unpaired) electrons. The van der Waals surface area contributed by atoms with Crippen molar-refractivity contribution in [1.29, 1.82) is 0 Å². The number of primary sulfonamides is 1. The summed E-state index contributed by atoms with van der Waals surface area (Å²) in [5.41, 5.74) is 1.34. The third kappa shape index (κ3) is 3.38. The molecular formula is C16H18N5O4S+. The molecule has 1 aromatic heterocycles. The number of H-pyrrole nitrogens is 1. The van der Waals surface area contributed by atoms with Gasteiger partial charge in [0, 0.05) is 0 Å². The number of aromatic hydroxyl groups is 1. The minimum Gasteiger partial charge on any atom is -0.493 e. The molecule has 0 aliphatic heterocycles. The molecule has 9 nitrogen and oxygen atoms in total. The Morgan fingerprint density at radius 2 is 1.92 bits per heavy atom. The van der Waals surface area contributed by atoms with Crippen LogP contribution in [0.4, 0.5) is 11.4 Å². The Labute approximate surface area is 149 Å². The number of hydrogen-bond acceptors (Lipinski definition) is 7. The van der Waals surface area contributed by atoms with Gasteiger partial charge < -0.3 is 14.8 Å². The van der Waals surface area contributed by atoms with Crippen molar-refractivity contribution in [2.75, 3.05) is 6.61 Å². The molecule has 3 aromatic rings. The Bertz CT molecular complexity index is 1060. The third-order valence-electron chi connectivity index (χ3n) is 3.65. The molecule has 0 saturated carbocycles. The van der Waals surface area contributed by atoms with E-state index in [9.17, 15) is 13.5 Å². The van der Waals surface area contributed by atoms with E-state index in [0.29, 0.717) is 33.8 Å². The van der Waals surface area contributed by atoms with E-state index in [1.165, 1.54) is 24.3 Å². The van der Waals surface area contributed by atoms with Crippen LogP contribution in [0.2, 0.25) is 0 Å². The summed E-state index contributed by atoms with van der Waals surface area (Å²) in [7, 11) is -3.60. The molecule has 0 amide bonds. The average Bonchev–Trinajstić information content (AvgIpc) is 2.96. The number of rotatable bonds is 6. The van der Waals surface area contributed by atoms with Crippen molar-refractivity contribution in [3.63, 3.8) is 0 Å². The van der Waals surface area contributed by atoms with E-state index in [1.807, 2.05) is 6.92 Å². The van der Waals surface area contributed by atoms with Gasteiger partial charge in [-0.1, -0.05) is 6.07 Å². The largest absolute Gasteiger partial charge is 0.493 e. The van der Waals surface area contributed by atoms with E-state index in [1.54, 1.807) is 18.2 Å². The number of fused-ring (bicyclic) bond motifs is 1. The molecule has 0 atom stereocenters. The second-order valence-electron chi connectivity index (χ2n) is 5.31. The van der Waals surface area contributed by atoms with E-state index in [2.05, 4.69) is 15.2 Å². The van der Waals surface area contributed by atoms with Gasteiger partial charge in [0.25, 0.3) is 0 Å². The van der Waals surface area contributed by atoms with Gasteiger partial charge in [-0.15, -0.1) is 5.11 Å². The Morgan fingerprint density at radius 1 is 1.19 bits per heavy atom. The first-order valence-electron chi connectivity index (χ1n) is 7.74. The highest BCUT2D eigenvalue weighted by Gasteiger charge is 2.16. The van der Waals surface area contributed by atoms with Crippen LogP contribution in [0.15, 0.2) is 57.6 Å². The van der Waals surface area contributed by atoms with Crippen molar-refractivity contribution in [2.45, 2.75) is 11.8 Å². The van der Waals surface area contributed by atoms with Crippen molar-refractivity contribution >= 4 is 32.3 Å². The molecule has 0 aliphatic carbocycles. The number of quaternary nitrogens is 1. The molecule has 0 saturated heterocycles. The number of ether oxygens (including phenoxy) is 1. The second kappa shape index (κ2) is 7.12. The van der Waals surface area contributed by atoms with Gasteiger partial charge in [0.15, 0.2) is 5.69 Å². The maximum Gasteiger partial charge on any atom is 0.341 e.